The molecule has 2 rings (SSSR count). The molecule has 0 spiro atoms. The number of oxime groups is 1. The summed E-state index contributed by atoms with van der Waals surface area (Å²) in [5.41, 5.74) is -0.640. The van der Waals surface area contributed by atoms with Gasteiger partial charge in [0.25, 0.3) is 0 Å². The van der Waals surface area contributed by atoms with Gasteiger partial charge in [0.15, 0.2) is 0 Å². The van der Waals surface area contributed by atoms with E-state index in [0.717, 1.165) is 35.6 Å². The highest BCUT2D eigenvalue weighted by Crippen LogP contribution is 2.33. The quantitative estimate of drug-likeness (QED) is 0.234. The van der Waals surface area contributed by atoms with Gasteiger partial charge in [-0.3, -0.25) is 4.90 Å². The van der Waals surface area contributed by atoms with Crippen molar-refractivity contribution < 1.29 is 22.8 Å². The summed E-state index contributed by atoms with van der Waals surface area (Å²) >= 11 is 0. The van der Waals surface area contributed by atoms with Gasteiger partial charge in [0.1, 0.15) is 6.34 Å². The first-order valence-electron chi connectivity index (χ1n) is 5.67. The van der Waals surface area contributed by atoms with Crippen molar-refractivity contribution in [2.24, 2.45) is 5.16 Å². The predicted octanol–water partition coefficient (Wildman–Crippen LogP) is 3.80. The molecule has 0 aliphatic heterocycles. The van der Waals surface area contributed by atoms with Crippen molar-refractivity contribution >= 4 is 17.7 Å². The maximum Gasteiger partial charge on any atom is 0.416 e. The minimum Gasteiger partial charge on any atom is -0.410 e. The van der Waals surface area contributed by atoms with Crippen LogP contribution in [-0.2, 0) is 6.18 Å². The van der Waals surface area contributed by atoms with E-state index in [1.54, 1.807) is 0 Å². The lowest BCUT2D eigenvalue weighted by Crippen LogP contribution is -2.16. The van der Waals surface area contributed by atoms with Crippen LogP contribution in [0.25, 0.3) is 0 Å². The standard InChI is InChI=1S/C13H9F4N3O/c14-12-7-11(4-5-18-12)20(8-19-21)10-3-1-2-9(6-10)13(15,16)17/h1-8,21H. The molecule has 8 heteroatoms. The minimum absolute atomic E-state index is 0.0632. The number of anilines is 2. The Morgan fingerprint density at radius 3 is 2.48 bits per heavy atom. The summed E-state index contributed by atoms with van der Waals surface area (Å²) in [4.78, 5) is 4.45. The van der Waals surface area contributed by atoms with Gasteiger partial charge in [-0.05, 0) is 24.3 Å². The molecule has 2 aromatic rings. The molecule has 0 unspecified atom stereocenters. The van der Waals surface area contributed by atoms with Gasteiger partial charge < -0.3 is 5.21 Å². The second kappa shape index (κ2) is 5.78. The smallest absolute Gasteiger partial charge is 0.410 e. The zero-order chi connectivity index (χ0) is 15.5. The molecule has 0 amide bonds. The van der Waals surface area contributed by atoms with Gasteiger partial charge >= 0.3 is 6.18 Å². The second-order valence-electron chi connectivity index (χ2n) is 3.99. The van der Waals surface area contributed by atoms with E-state index in [2.05, 4.69) is 10.1 Å². The molecule has 1 aromatic carbocycles. The van der Waals surface area contributed by atoms with Gasteiger partial charge in [-0.15, -0.1) is 0 Å². The van der Waals surface area contributed by atoms with Crippen molar-refractivity contribution in [2.45, 2.75) is 6.18 Å². The lowest BCUT2D eigenvalue weighted by molar-refractivity contribution is -0.137. The molecule has 1 N–H and O–H groups in total. The minimum atomic E-state index is -4.51. The average Bonchev–Trinajstić information content (AvgIpc) is 2.44. The molecular formula is C13H9F4N3O. The topological polar surface area (TPSA) is 48.7 Å². The number of hydrogen-bond acceptors (Lipinski definition) is 3. The fourth-order valence-corrected chi connectivity index (χ4v) is 1.71. The summed E-state index contributed by atoms with van der Waals surface area (Å²) < 4.78 is 51.3. The second-order valence-corrected chi connectivity index (χ2v) is 3.99. The molecule has 0 bridgehead atoms. The van der Waals surface area contributed by atoms with E-state index in [0.29, 0.717) is 0 Å². The van der Waals surface area contributed by atoms with Crippen LogP contribution in [0, 0.1) is 5.95 Å². The van der Waals surface area contributed by atoms with E-state index < -0.39 is 17.7 Å². The third-order valence-corrected chi connectivity index (χ3v) is 2.61. The fourth-order valence-electron chi connectivity index (χ4n) is 1.71. The first kappa shape index (κ1) is 14.8. The number of rotatable bonds is 3. The van der Waals surface area contributed by atoms with E-state index in [1.807, 2.05) is 0 Å². The molecule has 110 valence electrons. The molecule has 1 heterocycles. The highest BCUT2D eigenvalue weighted by atomic mass is 19.4. The number of pyridine rings is 1. The van der Waals surface area contributed by atoms with Gasteiger partial charge in [-0.1, -0.05) is 11.2 Å². The number of alkyl halides is 3. The van der Waals surface area contributed by atoms with Gasteiger partial charge in [0.2, 0.25) is 5.95 Å². The van der Waals surface area contributed by atoms with E-state index in [-0.39, 0.29) is 11.4 Å². The molecule has 0 fully saturated rings. The van der Waals surface area contributed by atoms with Crippen molar-refractivity contribution in [1.29, 1.82) is 0 Å². The Balaban J connectivity index is 2.49. The maximum absolute atomic E-state index is 13.1. The van der Waals surface area contributed by atoms with Crippen LogP contribution in [0.3, 0.4) is 0 Å². The Hall–Kier alpha value is -2.64. The highest BCUT2D eigenvalue weighted by molar-refractivity contribution is 5.88. The van der Waals surface area contributed by atoms with Crippen LogP contribution in [0.1, 0.15) is 5.56 Å². The van der Waals surface area contributed by atoms with Crippen molar-refractivity contribution in [3.05, 3.63) is 54.1 Å². The summed E-state index contributed by atoms with van der Waals surface area (Å²) in [6.45, 7) is 0. The Kier molecular flexibility index (Phi) is 4.06. The SMILES string of the molecule is ON=CN(c1cccc(C(F)(F)F)c1)c1ccnc(F)c1. The monoisotopic (exact) mass is 299 g/mol. The third-order valence-electron chi connectivity index (χ3n) is 2.61. The lowest BCUT2D eigenvalue weighted by Gasteiger charge is -2.20. The summed E-state index contributed by atoms with van der Waals surface area (Å²) in [7, 11) is 0. The average molecular weight is 299 g/mol. The van der Waals surface area contributed by atoms with Crippen molar-refractivity contribution in [3.8, 4) is 0 Å². The van der Waals surface area contributed by atoms with Crippen molar-refractivity contribution in [3.63, 3.8) is 0 Å². The molecule has 0 saturated heterocycles. The van der Waals surface area contributed by atoms with E-state index in [4.69, 9.17) is 5.21 Å². The van der Waals surface area contributed by atoms with Crippen LogP contribution in [0.5, 0.6) is 0 Å². The Morgan fingerprint density at radius 1 is 1.14 bits per heavy atom. The summed E-state index contributed by atoms with van der Waals surface area (Å²) in [5.74, 6) is -0.809. The first-order chi connectivity index (χ1) is 9.91. The van der Waals surface area contributed by atoms with Crippen LogP contribution >= 0.6 is 0 Å². The Labute approximate surface area is 117 Å². The molecule has 0 aliphatic rings. The predicted molar refractivity (Wildman–Crippen MR) is 68.1 cm³/mol. The van der Waals surface area contributed by atoms with Crippen molar-refractivity contribution in [1.82, 2.24) is 4.98 Å². The van der Waals surface area contributed by atoms with Gasteiger partial charge in [0.05, 0.1) is 11.3 Å². The number of benzene rings is 1. The summed E-state index contributed by atoms with van der Waals surface area (Å²) in [6, 6.07) is 6.71. The van der Waals surface area contributed by atoms with E-state index in [1.165, 1.54) is 18.2 Å². The van der Waals surface area contributed by atoms with Crippen LogP contribution < -0.4 is 4.90 Å². The van der Waals surface area contributed by atoms with Gasteiger partial charge in [0, 0.05) is 18.0 Å². The van der Waals surface area contributed by atoms with E-state index in [9.17, 15) is 17.6 Å². The van der Waals surface area contributed by atoms with E-state index >= 15 is 0 Å². The molecule has 0 atom stereocenters. The Morgan fingerprint density at radius 2 is 1.86 bits per heavy atom. The molecule has 1 aromatic heterocycles. The van der Waals surface area contributed by atoms with Crippen LogP contribution in [0.15, 0.2) is 47.8 Å². The van der Waals surface area contributed by atoms with Crippen LogP contribution in [0.2, 0.25) is 0 Å². The normalized spacial score (nSPS) is 11.8. The summed E-state index contributed by atoms with van der Waals surface area (Å²) in [5, 5.41) is 11.4. The molecule has 0 aliphatic carbocycles. The van der Waals surface area contributed by atoms with Crippen LogP contribution in [0.4, 0.5) is 28.9 Å². The molecular weight excluding hydrogens is 290 g/mol. The van der Waals surface area contributed by atoms with Gasteiger partial charge in [-0.2, -0.15) is 17.6 Å². The third kappa shape index (κ3) is 3.47. The molecule has 0 radical (unpaired) electrons. The Bertz CT molecular complexity index is 658. The zero-order valence-electron chi connectivity index (χ0n) is 10.4. The fraction of sp³-hybridized carbons (Fsp3) is 0.0769. The summed E-state index contributed by atoms with van der Waals surface area (Å²) in [6.07, 6.45) is -2.50. The zero-order valence-corrected chi connectivity index (χ0v) is 10.4. The maximum atomic E-state index is 13.1. The number of hydrogen-bond donors (Lipinski definition) is 1. The van der Waals surface area contributed by atoms with Crippen LogP contribution in [-0.4, -0.2) is 16.5 Å². The number of aromatic nitrogens is 1. The van der Waals surface area contributed by atoms with Crippen molar-refractivity contribution in [2.75, 3.05) is 4.90 Å². The number of halogens is 4. The molecule has 0 saturated carbocycles. The number of nitrogens with zero attached hydrogens (tertiary/aromatic N) is 3. The van der Waals surface area contributed by atoms with Gasteiger partial charge in [-0.25, -0.2) is 4.98 Å². The largest absolute Gasteiger partial charge is 0.416 e. The lowest BCUT2D eigenvalue weighted by atomic mass is 10.1. The molecule has 21 heavy (non-hydrogen) atoms. The molecule has 4 nitrogen and oxygen atoms in total. The first-order valence-corrected chi connectivity index (χ1v) is 5.67. The highest BCUT2D eigenvalue weighted by Gasteiger charge is 2.30.